The van der Waals surface area contributed by atoms with Gasteiger partial charge < -0.3 is 10.6 Å². The van der Waals surface area contributed by atoms with Crippen LogP contribution >= 0.6 is 22.9 Å². The van der Waals surface area contributed by atoms with Crippen LogP contribution in [0.1, 0.15) is 52.4 Å². The van der Waals surface area contributed by atoms with Crippen LogP contribution in [-0.2, 0) is 4.79 Å². The summed E-state index contributed by atoms with van der Waals surface area (Å²) in [7, 11) is 0. The van der Waals surface area contributed by atoms with Crippen LogP contribution in [-0.4, -0.2) is 34.2 Å². The molecule has 162 valence electrons. The largest absolute Gasteiger partial charge is 0.335 e. The zero-order chi connectivity index (χ0) is 21.5. The summed E-state index contributed by atoms with van der Waals surface area (Å²) >= 11 is 7.20. The average molecular weight is 450 g/mol. The zero-order valence-corrected chi connectivity index (χ0v) is 18.9. The number of anilines is 1. The third kappa shape index (κ3) is 6.15. The molecule has 0 bridgehead atoms. The van der Waals surface area contributed by atoms with E-state index in [1.54, 1.807) is 12.1 Å². The van der Waals surface area contributed by atoms with Gasteiger partial charge in [0.25, 0.3) is 0 Å². The number of hydrogen-bond acceptors (Lipinski definition) is 5. The van der Waals surface area contributed by atoms with Crippen molar-refractivity contribution in [2.45, 2.75) is 64.5 Å². The van der Waals surface area contributed by atoms with Crippen molar-refractivity contribution in [3.8, 4) is 10.6 Å². The SMILES string of the molecule is CCC(C)C(NC(=O)NC1CCCCC1)C(=O)Nc1nnc(-c2ccc(Cl)cc2)s1. The smallest absolute Gasteiger partial charge is 0.315 e. The number of carbonyl (C=O) groups is 2. The topological polar surface area (TPSA) is 96.0 Å². The van der Waals surface area contributed by atoms with Gasteiger partial charge in [0.05, 0.1) is 0 Å². The van der Waals surface area contributed by atoms with E-state index in [-0.39, 0.29) is 23.9 Å². The van der Waals surface area contributed by atoms with E-state index in [1.807, 2.05) is 26.0 Å². The molecule has 3 amide bonds. The fraction of sp³-hybridized carbons (Fsp3) is 0.524. The highest BCUT2D eigenvalue weighted by Gasteiger charge is 2.28. The zero-order valence-electron chi connectivity index (χ0n) is 17.3. The fourth-order valence-electron chi connectivity index (χ4n) is 3.48. The summed E-state index contributed by atoms with van der Waals surface area (Å²) in [5.74, 6) is -0.312. The maximum absolute atomic E-state index is 12.9. The lowest BCUT2D eigenvalue weighted by atomic mass is 9.95. The minimum atomic E-state index is -0.651. The van der Waals surface area contributed by atoms with Crippen molar-refractivity contribution >= 4 is 40.0 Å². The summed E-state index contributed by atoms with van der Waals surface area (Å²) in [6, 6.07) is 6.52. The highest BCUT2D eigenvalue weighted by molar-refractivity contribution is 7.18. The Morgan fingerprint density at radius 1 is 1.17 bits per heavy atom. The first-order chi connectivity index (χ1) is 14.5. The predicted octanol–water partition coefficient (Wildman–Crippen LogP) is 4.84. The third-order valence-corrected chi connectivity index (χ3v) is 6.61. The first kappa shape index (κ1) is 22.5. The molecule has 0 radical (unpaired) electrons. The van der Waals surface area contributed by atoms with Crippen molar-refractivity contribution in [3.05, 3.63) is 29.3 Å². The molecule has 1 aliphatic carbocycles. The second kappa shape index (κ2) is 10.7. The van der Waals surface area contributed by atoms with Crippen molar-refractivity contribution < 1.29 is 9.59 Å². The van der Waals surface area contributed by atoms with Crippen LogP contribution in [0.5, 0.6) is 0 Å². The van der Waals surface area contributed by atoms with Gasteiger partial charge >= 0.3 is 6.03 Å². The van der Waals surface area contributed by atoms with Gasteiger partial charge in [0, 0.05) is 16.6 Å². The standard InChI is InChI=1S/C21H28ClN5O2S/c1-3-13(2)17(24-20(29)23-16-7-5-4-6-8-16)18(28)25-21-27-26-19(30-21)14-9-11-15(22)12-10-14/h9-13,16-17H,3-8H2,1-2H3,(H2,23,24,29)(H,25,27,28). The van der Waals surface area contributed by atoms with Gasteiger partial charge in [-0.25, -0.2) is 4.79 Å². The number of rotatable bonds is 7. The number of urea groups is 1. The van der Waals surface area contributed by atoms with Crippen LogP contribution in [0.15, 0.2) is 24.3 Å². The number of nitrogens with zero attached hydrogens (tertiary/aromatic N) is 2. The second-order valence-electron chi connectivity index (χ2n) is 7.72. The monoisotopic (exact) mass is 449 g/mol. The van der Waals surface area contributed by atoms with Gasteiger partial charge in [-0.3, -0.25) is 10.1 Å². The van der Waals surface area contributed by atoms with Crippen LogP contribution in [0.25, 0.3) is 10.6 Å². The number of benzene rings is 1. The molecule has 1 heterocycles. The van der Waals surface area contributed by atoms with Gasteiger partial charge in [0.1, 0.15) is 11.0 Å². The molecule has 3 rings (SSSR count). The molecular formula is C21H28ClN5O2S. The highest BCUT2D eigenvalue weighted by Crippen LogP contribution is 2.27. The molecule has 0 spiro atoms. The molecule has 2 atom stereocenters. The van der Waals surface area contributed by atoms with Gasteiger partial charge in [-0.05, 0) is 30.9 Å². The van der Waals surface area contributed by atoms with Crippen molar-refractivity contribution in [1.29, 1.82) is 0 Å². The molecule has 1 aliphatic rings. The van der Waals surface area contributed by atoms with Gasteiger partial charge in [-0.15, -0.1) is 10.2 Å². The average Bonchev–Trinajstić information content (AvgIpc) is 3.21. The molecule has 1 aromatic carbocycles. The fourth-order valence-corrected chi connectivity index (χ4v) is 4.36. The Morgan fingerprint density at radius 3 is 2.53 bits per heavy atom. The quantitative estimate of drug-likeness (QED) is 0.563. The normalized spacial score (nSPS) is 16.5. The summed E-state index contributed by atoms with van der Waals surface area (Å²) in [4.78, 5) is 25.4. The van der Waals surface area contributed by atoms with Crippen molar-refractivity contribution in [2.24, 2.45) is 5.92 Å². The molecule has 7 nitrogen and oxygen atoms in total. The highest BCUT2D eigenvalue weighted by atomic mass is 35.5. The van der Waals surface area contributed by atoms with E-state index < -0.39 is 6.04 Å². The van der Waals surface area contributed by atoms with Crippen LogP contribution in [0.4, 0.5) is 9.93 Å². The molecule has 0 saturated heterocycles. The number of amides is 3. The van der Waals surface area contributed by atoms with E-state index in [0.717, 1.165) is 37.7 Å². The minimum Gasteiger partial charge on any atom is -0.335 e. The molecule has 30 heavy (non-hydrogen) atoms. The second-order valence-corrected chi connectivity index (χ2v) is 9.14. The Morgan fingerprint density at radius 2 is 1.87 bits per heavy atom. The third-order valence-electron chi connectivity index (χ3n) is 5.47. The van der Waals surface area contributed by atoms with Gasteiger partial charge in [0.2, 0.25) is 11.0 Å². The molecular weight excluding hydrogens is 422 g/mol. The molecule has 3 N–H and O–H groups in total. The van der Waals surface area contributed by atoms with E-state index in [1.165, 1.54) is 17.8 Å². The molecule has 1 aromatic heterocycles. The first-order valence-corrected chi connectivity index (χ1v) is 11.6. The number of aromatic nitrogens is 2. The van der Waals surface area contributed by atoms with Gasteiger partial charge in [0.15, 0.2) is 0 Å². The number of nitrogens with one attached hydrogen (secondary N) is 3. The lowest BCUT2D eigenvalue weighted by Crippen LogP contribution is -2.53. The van der Waals surface area contributed by atoms with Crippen molar-refractivity contribution in [1.82, 2.24) is 20.8 Å². The summed E-state index contributed by atoms with van der Waals surface area (Å²) in [6.07, 6.45) is 6.23. The van der Waals surface area contributed by atoms with Gasteiger partial charge in [-0.1, -0.05) is 74.6 Å². The van der Waals surface area contributed by atoms with E-state index >= 15 is 0 Å². The van der Waals surface area contributed by atoms with E-state index in [9.17, 15) is 9.59 Å². The summed E-state index contributed by atoms with van der Waals surface area (Å²) in [5, 5.41) is 18.6. The summed E-state index contributed by atoms with van der Waals surface area (Å²) < 4.78 is 0. The Bertz CT molecular complexity index is 851. The van der Waals surface area contributed by atoms with Crippen molar-refractivity contribution in [3.63, 3.8) is 0 Å². The summed E-state index contributed by atoms with van der Waals surface area (Å²) in [5.41, 5.74) is 0.876. The molecule has 9 heteroatoms. The Hall–Kier alpha value is -2.19. The molecule has 0 aliphatic heterocycles. The molecule has 1 saturated carbocycles. The van der Waals surface area contributed by atoms with Crippen LogP contribution < -0.4 is 16.0 Å². The molecule has 1 fully saturated rings. The Labute approximate surface area is 186 Å². The maximum atomic E-state index is 12.9. The maximum Gasteiger partial charge on any atom is 0.315 e. The van der Waals surface area contributed by atoms with Crippen molar-refractivity contribution in [2.75, 3.05) is 5.32 Å². The van der Waals surface area contributed by atoms with E-state index in [2.05, 4.69) is 26.1 Å². The van der Waals surface area contributed by atoms with E-state index in [0.29, 0.717) is 15.2 Å². The Balaban J connectivity index is 1.62. The van der Waals surface area contributed by atoms with Crippen LogP contribution in [0.2, 0.25) is 5.02 Å². The first-order valence-electron chi connectivity index (χ1n) is 10.4. The predicted molar refractivity (Wildman–Crippen MR) is 121 cm³/mol. The number of hydrogen-bond donors (Lipinski definition) is 3. The van der Waals surface area contributed by atoms with E-state index in [4.69, 9.17) is 11.6 Å². The van der Waals surface area contributed by atoms with Crippen LogP contribution in [0, 0.1) is 5.92 Å². The molecule has 2 aromatic rings. The van der Waals surface area contributed by atoms with Gasteiger partial charge in [-0.2, -0.15) is 0 Å². The minimum absolute atomic E-state index is 0.0224. The Kier molecular flexibility index (Phi) is 8.04. The summed E-state index contributed by atoms with van der Waals surface area (Å²) in [6.45, 7) is 3.94. The van der Waals surface area contributed by atoms with Crippen LogP contribution in [0.3, 0.4) is 0 Å². The number of halogens is 1. The lowest BCUT2D eigenvalue weighted by Gasteiger charge is -2.26. The lowest BCUT2D eigenvalue weighted by molar-refractivity contribution is -0.119. The molecule has 2 unspecified atom stereocenters. The number of carbonyl (C=O) groups excluding carboxylic acids is 2.